The number of nitrogens with zero attached hydrogens (tertiary/aromatic N) is 2. The molecule has 146 valence electrons. The van der Waals surface area contributed by atoms with Crippen LogP contribution in [0, 0.1) is 5.82 Å². The number of fused-ring (bicyclic) bond motifs is 1. The van der Waals surface area contributed by atoms with Crippen molar-refractivity contribution in [1.29, 1.82) is 0 Å². The number of nitrogens with one attached hydrogen (secondary N) is 2. The fraction of sp³-hybridized carbons (Fsp3) is 0.600. The lowest BCUT2D eigenvalue weighted by molar-refractivity contribution is -0.131. The van der Waals surface area contributed by atoms with Crippen molar-refractivity contribution >= 4 is 11.9 Å². The Kier molecular flexibility index (Phi) is 5.04. The lowest BCUT2D eigenvalue weighted by Gasteiger charge is -2.43. The van der Waals surface area contributed by atoms with Crippen LogP contribution in [0.1, 0.15) is 31.2 Å². The van der Waals surface area contributed by atoms with E-state index in [1.165, 1.54) is 6.07 Å². The summed E-state index contributed by atoms with van der Waals surface area (Å²) in [5.74, 6) is -0.227. The second-order valence-electron chi connectivity index (χ2n) is 7.95. The van der Waals surface area contributed by atoms with E-state index in [2.05, 4.69) is 15.5 Å². The van der Waals surface area contributed by atoms with Gasteiger partial charge in [0, 0.05) is 44.7 Å². The largest absolute Gasteiger partial charge is 0.353 e. The Labute approximate surface area is 159 Å². The van der Waals surface area contributed by atoms with Crippen molar-refractivity contribution in [2.75, 3.05) is 39.3 Å². The average Bonchev–Trinajstić information content (AvgIpc) is 3.16. The molecule has 2 N–H and O–H groups in total. The van der Waals surface area contributed by atoms with Crippen molar-refractivity contribution in [3.63, 3.8) is 0 Å². The van der Waals surface area contributed by atoms with Crippen LogP contribution in [0.3, 0.4) is 0 Å². The minimum atomic E-state index is -0.248. The molecule has 1 aliphatic carbocycles. The van der Waals surface area contributed by atoms with E-state index in [4.69, 9.17) is 0 Å². The molecular weight excluding hydrogens is 347 g/mol. The van der Waals surface area contributed by atoms with Crippen LogP contribution in [0.2, 0.25) is 0 Å². The van der Waals surface area contributed by atoms with Crippen LogP contribution >= 0.6 is 0 Å². The molecule has 1 aromatic carbocycles. The summed E-state index contributed by atoms with van der Waals surface area (Å²) in [5.41, 5.74) is 0.777. The Morgan fingerprint density at radius 3 is 2.85 bits per heavy atom. The van der Waals surface area contributed by atoms with Gasteiger partial charge in [0.25, 0.3) is 0 Å². The predicted molar refractivity (Wildman–Crippen MR) is 99.9 cm³/mol. The van der Waals surface area contributed by atoms with E-state index in [1.54, 1.807) is 17.0 Å². The lowest BCUT2D eigenvalue weighted by Crippen LogP contribution is -2.65. The number of rotatable bonds is 3. The summed E-state index contributed by atoms with van der Waals surface area (Å²) in [6, 6.07) is 6.39. The van der Waals surface area contributed by atoms with Crippen LogP contribution in [0.5, 0.6) is 0 Å². The molecule has 3 fully saturated rings. The average molecular weight is 374 g/mol. The van der Waals surface area contributed by atoms with Crippen molar-refractivity contribution in [3.05, 3.63) is 35.6 Å². The minimum Gasteiger partial charge on any atom is -0.353 e. The molecule has 1 saturated carbocycles. The maximum absolute atomic E-state index is 13.7. The summed E-state index contributed by atoms with van der Waals surface area (Å²) >= 11 is 0. The quantitative estimate of drug-likeness (QED) is 0.842. The molecule has 0 bridgehead atoms. The second kappa shape index (κ2) is 7.46. The summed E-state index contributed by atoms with van der Waals surface area (Å²) in [5, 5.41) is 5.95. The van der Waals surface area contributed by atoms with E-state index in [0.29, 0.717) is 26.2 Å². The highest BCUT2D eigenvalue weighted by molar-refractivity contribution is 5.84. The molecule has 7 heteroatoms. The number of benzene rings is 1. The maximum atomic E-state index is 13.7. The zero-order valence-corrected chi connectivity index (χ0v) is 15.5. The highest BCUT2D eigenvalue weighted by Gasteiger charge is 2.39. The Bertz CT molecular complexity index is 720. The van der Waals surface area contributed by atoms with E-state index in [-0.39, 0.29) is 29.2 Å². The number of urea groups is 1. The zero-order valence-electron chi connectivity index (χ0n) is 15.5. The first kappa shape index (κ1) is 18.2. The van der Waals surface area contributed by atoms with Crippen molar-refractivity contribution in [1.82, 2.24) is 20.4 Å². The van der Waals surface area contributed by atoms with Gasteiger partial charge in [-0.25, -0.2) is 9.18 Å². The molecule has 3 amide bonds. The number of hydrogen-bond donors (Lipinski definition) is 2. The number of carbonyl (C=O) groups excluding carboxylic acids is 2. The van der Waals surface area contributed by atoms with Gasteiger partial charge in [0.05, 0.1) is 0 Å². The summed E-state index contributed by atoms with van der Waals surface area (Å²) in [4.78, 5) is 28.7. The third-order valence-electron chi connectivity index (χ3n) is 6.35. The number of hydrogen-bond acceptors (Lipinski definition) is 3. The topological polar surface area (TPSA) is 64.7 Å². The summed E-state index contributed by atoms with van der Waals surface area (Å²) in [6.45, 7) is 3.80. The summed E-state index contributed by atoms with van der Waals surface area (Å²) in [6.07, 6.45) is 4.09. The fourth-order valence-corrected chi connectivity index (χ4v) is 4.76. The van der Waals surface area contributed by atoms with Crippen molar-refractivity contribution < 1.29 is 14.0 Å². The zero-order chi connectivity index (χ0) is 18.9. The van der Waals surface area contributed by atoms with E-state index >= 15 is 0 Å². The van der Waals surface area contributed by atoms with Crippen molar-refractivity contribution in [3.8, 4) is 0 Å². The van der Waals surface area contributed by atoms with Gasteiger partial charge in [0.2, 0.25) is 5.91 Å². The second-order valence-corrected chi connectivity index (χ2v) is 7.95. The highest BCUT2D eigenvalue weighted by atomic mass is 19.1. The molecule has 1 atom stereocenters. The van der Waals surface area contributed by atoms with E-state index in [0.717, 1.165) is 44.3 Å². The molecule has 0 spiro atoms. The Morgan fingerprint density at radius 2 is 2.07 bits per heavy atom. The van der Waals surface area contributed by atoms with Crippen LogP contribution in [0.4, 0.5) is 9.18 Å². The summed E-state index contributed by atoms with van der Waals surface area (Å²) in [7, 11) is 0. The molecule has 4 rings (SSSR count). The van der Waals surface area contributed by atoms with Gasteiger partial charge in [-0.05, 0) is 30.5 Å². The maximum Gasteiger partial charge on any atom is 0.317 e. The van der Waals surface area contributed by atoms with Crippen LogP contribution in [0.25, 0.3) is 0 Å². The first-order chi connectivity index (χ1) is 13.1. The molecule has 6 nitrogen and oxygen atoms in total. The monoisotopic (exact) mass is 374 g/mol. The molecule has 2 saturated heterocycles. The molecular formula is C20H27FN4O2. The SMILES string of the molecule is O=C1NCCN2CCN(C(=O)NCC3(c4cccc(F)c4)CCCC3)CC12. The van der Waals surface area contributed by atoms with Crippen molar-refractivity contribution in [2.45, 2.75) is 37.1 Å². The van der Waals surface area contributed by atoms with Crippen LogP contribution in [-0.4, -0.2) is 67.0 Å². The highest BCUT2D eigenvalue weighted by Crippen LogP contribution is 2.40. The number of carbonyl (C=O) groups is 2. The van der Waals surface area contributed by atoms with Gasteiger partial charge in [0.1, 0.15) is 11.9 Å². The molecule has 2 heterocycles. The number of amides is 3. The third-order valence-corrected chi connectivity index (χ3v) is 6.35. The first-order valence-electron chi connectivity index (χ1n) is 9.88. The number of halogens is 1. The minimum absolute atomic E-state index is 0.00535. The standard InChI is InChI=1S/C20H27FN4O2/c21-16-5-3-4-15(12-16)20(6-1-2-7-20)14-23-19(27)25-11-10-24-9-8-22-18(26)17(24)13-25/h3-5,12,17H,1-2,6-11,13-14H2,(H,22,26)(H,23,27). The molecule has 3 aliphatic rings. The van der Waals surface area contributed by atoms with Gasteiger partial charge in [-0.15, -0.1) is 0 Å². The Hall–Kier alpha value is -2.15. The normalized spacial score (nSPS) is 25.0. The van der Waals surface area contributed by atoms with Crippen LogP contribution in [-0.2, 0) is 10.2 Å². The molecule has 1 unspecified atom stereocenters. The van der Waals surface area contributed by atoms with E-state index in [1.807, 2.05) is 6.07 Å². The predicted octanol–water partition coefficient (Wildman–Crippen LogP) is 1.46. The van der Waals surface area contributed by atoms with Gasteiger partial charge >= 0.3 is 6.03 Å². The molecule has 1 aromatic rings. The van der Waals surface area contributed by atoms with E-state index < -0.39 is 0 Å². The molecule has 27 heavy (non-hydrogen) atoms. The van der Waals surface area contributed by atoms with Crippen LogP contribution in [0.15, 0.2) is 24.3 Å². The first-order valence-corrected chi connectivity index (χ1v) is 9.88. The van der Waals surface area contributed by atoms with E-state index in [9.17, 15) is 14.0 Å². The molecule has 0 aromatic heterocycles. The smallest absolute Gasteiger partial charge is 0.317 e. The van der Waals surface area contributed by atoms with Gasteiger partial charge in [-0.1, -0.05) is 25.0 Å². The van der Waals surface area contributed by atoms with Gasteiger partial charge in [-0.2, -0.15) is 0 Å². The Balaban J connectivity index is 1.41. The summed E-state index contributed by atoms with van der Waals surface area (Å²) < 4.78 is 13.7. The van der Waals surface area contributed by atoms with Gasteiger partial charge in [-0.3, -0.25) is 9.69 Å². The Morgan fingerprint density at radius 1 is 1.26 bits per heavy atom. The molecule has 0 radical (unpaired) electrons. The van der Waals surface area contributed by atoms with Crippen molar-refractivity contribution in [2.24, 2.45) is 0 Å². The lowest BCUT2D eigenvalue weighted by atomic mass is 9.79. The number of piperazine rings is 2. The van der Waals surface area contributed by atoms with Gasteiger partial charge < -0.3 is 15.5 Å². The van der Waals surface area contributed by atoms with Gasteiger partial charge in [0.15, 0.2) is 0 Å². The third kappa shape index (κ3) is 3.65. The van der Waals surface area contributed by atoms with Crippen LogP contribution < -0.4 is 10.6 Å². The fourth-order valence-electron chi connectivity index (χ4n) is 4.76. The molecule has 2 aliphatic heterocycles.